The Kier molecular flexibility index (Phi) is 3.68. The van der Waals surface area contributed by atoms with Gasteiger partial charge in [-0.1, -0.05) is 13.8 Å². The molecule has 1 aromatic carbocycles. The number of carboxylic acid groups (broad SMARTS) is 1. The van der Waals surface area contributed by atoms with Gasteiger partial charge in [0.25, 0.3) is 0 Å². The first-order valence-corrected chi connectivity index (χ1v) is 7.45. The predicted molar refractivity (Wildman–Crippen MR) is 81.3 cm³/mol. The van der Waals surface area contributed by atoms with Crippen molar-refractivity contribution in [2.45, 2.75) is 26.8 Å². The molecule has 0 unspecified atom stereocenters. The Hall–Kier alpha value is -1.88. The lowest BCUT2D eigenvalue weighted by molar-refractivity contribution is 0.0697. The van der Waals surface area contributed by atoms with Gasteiger partial charge in [0.1, 0.15) is 5.82 Å². The molecule has 1 aromatic heterocycles. The summed E-state index contributed by atoms with van der Waals surface area (Å²) in [4.78, 5) is 21.2. The first-order chi connectivity index (χ1) is 10.0. The van der Waals surface area contributed by atoms with E-state index < -0.39 is 5.97 Å². The van der Waals surface area contributed by atoms with Crippen molar-refractivity contribution in [3.8, 4) is 0 Å². The summed E-state index contributed by atoms with van der Waals surface area (Å²) in [6.07, 6.45) is 1.29. The number of nitrogens with one attached hydrogen (secondary N) is 1. The van der Waals surface area contributed by atoms with Gasteiger partial charge in [0.05, 0.1) is 23.1 Å². The monoisotopic (exact) mass is 287 g/mol. The second kappa shape index (κ2) is 5.48. The van der Waals surface area contributed by atoms with Crippen LogP contribution in [0.2, 0.25) is 0 Å². The molecule has 0 aliphatic carbocycles. The molecule has 0 bridgehead atoms. The Morgan fingerprint density at radius 2 is 2.10 bits per heavy atom. The number of nitrogens with zero attached hydrogens (tertiary/aromatic N) is 2. The summed E-state index contributed by atoms with van der Waals surface area (Å²) in [6, 6.07) is 5.01. The molecule has 3 rings (SSSR count). The largest absolute Gasteiger partial charge is 0.478 e. The molecule has 0 spiro atoms. The normalized spacial score (nSPS) is 23.5. The number of hydrogen-bond acceptors (Lipinski definition) is 3. The van der Waals surface area contributed by atoms with E-state index in [1.165, 1.54) is 6.42 Å². The molecule has 0 radical (unpaired) electrons. The summed E-state index contributed by atoms with van der Waals surface area (Å²) in [5.41, 5.74) is 1.91. The highest BCUT2D eigenvalue weighted by molar-refractivity contribution is 5.92. The zero-order valence-corrected chi connectivity index (χ0v) is 12.5. The number of aromatic carboxylic acids is 1. The molecule has 21 heavy (non-hydrogen) atoms. The van der Waals surface area contributed by atoms with Gasteiger partial charge < -0.3 is 10.1 Å². The van der Waals surface area contributed by atoms with E-state index in [0.717, 1.165) is 48.3 Å². The van der Waals surface area contributed by atoms with Crippen LogP contribution in [0, 0.1) is 11.8 Å². The van der Waals surface area contributed by atoms with Crippen LogP contribution in [-0.2, 0) is 6.54 Å². The van der Waals surface area contributed by atoms with Crippen LogP contribution in [0.3, 0.4) is 0 Å². The zero-order valence-electron chi connectivity index (χ0n) is 12.5. The Balaban J connectivity index is 1.79. The lowest BCUT2D eigenvalue weighted by Gasteiger charge is -2.34. The number of imidazole rings is 1. The lowest BCUT2D eigenvalue weighted by Crippen LogP contribution is -2.38. The maximum absolute atomic E-state index is 11.0. The van der Waals surface area contributed by atoms with Gasteiger partial charge in [-0.05, 0) is 36.5 Å². The van der Waals surface area contributed by atoms with Gasteiger partial charge >= 0.3 is 5.97 Å². The standard InChI is InChI=1S/C16H21N3O2/c1-10-5-11(2)8-19(7-10)9-15-17-13-4-3-12(16(20)21)6-14(13)18-15/h3-4,6,10-11H,5,7-9H2,1-2H3,(H,17,18)(H,20,21)/t10-,11-/m1/s1. The molecule has 1 saturated heterocycles. The summed E-state index contributed by atoms with van der Waals surface area (Å²) in [7, 11) is 0. The maximum Gasteiger partial charge on any atom is 0.335 e. The van der Waals surface area contributed by atoms with Crippen molar-refractivity contribution in [3.63, 3.8) is 0 Å². The van der Waals surface area contributed by atoms with Crippen molar-refractivity contribution in [1.82, 2.24) is 14.9 Å². The van der Waals surface area contributed by atoms with Crippen molar-refractivity contribution in [2.75, 3.05) is 13.1 Å². The number of piperidine rings is 1. The fourth-order valence-corrected chi connectivity index (χ4v) is 3.40. The van der Waals surface area contributed by atoms with Gasteiger partial charge in [-0.25, -0.2) is 9.78 Å². The van der Waals surface area contributed by atoms with E-state index in [-0.39, 0.29) is 5.56 Å². The zero-order chi connectivity index (χ0) is 15.0. The fourth-order valence-electron chi connectivity index (χ4n) is 3.40. The second-order valence-electron chi connectivity index (χ2n) is 6.36. The average Bonchev–Trinajstić information content (AvgIpc) is 2.78. The minimum atomic E-state index is -0.910. The summed E-state index contributed by atoms with van der Waals surface area (Å²) in [5, 5.41) is 9.03. The van der Waals surface area contributed by atoms with Crippen molar-refractivity contribution in [2.24, 2.45) is 11.8 Å². The summed E-state index contributed by atoms with van der Waals surface area (Å²) >= 11 is 0. The number of fused-ring (bicyclic) bond motifs is 1. The Labute approximate surface area is 124 Å². The molecular formula is C16H21N3O2. The number of benzene rings is 1. The number of carboxylic acids is 1. The highest BCUT2D eigenvalue weighted by Gasteiger charge is 2.22. The Morgan fingerprint density at radius 1 is 1.38 bits per heavy atom. The van der Waals surface area contributed by atoms with Gasteiger partial charge in [-0.2, -0.15) is 0 Å². The summed E-state index contributed by atoms with van der Waals surface area (Å²) < 4.78 is 0. The number of aromatic nitrogens is 2. The number of hydrogen-bond donors (Lipinski definition) is 2. The third kappa shape index (κ3) is 3.08. The van der Waals surface area contributed by atoms with Gasteiger partial charge in [0, 0.05) is 13.1 Å². The van der Waals surface area contributed by atoms with Gasteiger partial charge in [0.2, 0.25) is 0 Å². The van der Waals surface area contributed by atoms with Crippen LogP contribution < -0.4 is 0 Å². The van der Waals surface area contributed by atoms with Gasteiger partial charge in [-0.15, -0.1) is 0 Å². The van der Waals surface area contributed by atoms with E-state index in [0.29, 0.717) is 0 Å². The molecule has 112 valence electrons. The third-order valence-corrected chi connectivity index (χ3v) is 4.10. The number of likely N-dealkylation sites (tertiary alicyclic amines) is 1. The predicted octanol–water partition coefficient (Wildman–Crippen LogP) is 2.74. The second-order valence-corrected chi connectivity index (χ2v) is 6.36. The number of H-pyrrole nitrogens is 1. The number of carbonyl (C=O) groups is 1. The smallest absolute Gasteiger partial charge is 0.335 e. The lowest BCUT2D eigenvalue weighted by atomic mass is 9.92. The molecule has 5 nitrogen and oxygen atoms in total. The molecule has 2 N–H and O–H groups in total. The molecule has 1 aliphatic heterocycles. The first kappa shape index (κ1) is 14.1. The molecule has 1 aliphatic rings. The highest BCUT2D eigenvalue weighted by Crippen LogP contribution is 2.22. The average molecular weight is 287 g/mol. The number of aromatic amines is 1. The van der Waals surface area contributed by atoms with Crippen molar-refractivity contribution in [3.05, 3.63) is 29.6 Å². The quantitative estimate of drug-likeness (QED) is 0.910. The van der Waals surface area contributed by atoms with Gasteiger partial charge in [0.15, 0.2) is 0 Å². The minimum absolute atomic E-state index is 0.290. The van der Waals surface area contributed by atoms with Crippen LogP contribution in [0.5, 0.6) is 0 Å². The molecule has 0 amide bonds. The molecule has 1 fully saturated rings. The summed E-state index contributed by atoms with van der Waals surface area (Å²) in [6.45, 7) is 7.58. The van der Waals surface area contributed by atoms with Crippen LogP contribution in [-0.4, -0.2) is 39.0 Å². The van der Waals surface area contributed by atoms with Crippen LogP contribution in [0.1, 0.15) is 36.5 Å². The summed E-state index contributed by atoms with van der Waals surface area (Å²) in [5.74, 6) is 1.44. The van der Waals surface area contributed by atoms with E-state index >= 15 is 0 Å². The minimum Gasteiger partial charge on any atom is -0.478 e. The molecule has 2 aromatic rings. The number of rotatable bonds is 3. The molecule has 0 saturated carbocycles. The van der Waals surface area contributed by atoms with Gasteiger partial charge in [-0.3, -0.25) is 4.90 Å². The van der Waals surface area contributed by atoms with Crippen molar-refractivity contribution in [1.29, 1.82) is 0 Å². The Bertz CT molecular complexity index is 655. The molecule has 2 atom stereocenters. The van der Waals surface area contributed by atoms with Crippen LogP contribution in [0.15, 0.2) is 18.2 Å². The SMILES string of the molecule is C[C@@H]1C[C@@H](C)CN(Cc2nc3ccc(C(=O)O)cc3[nH]2)C1. The highest BCUT2D eigenvalue weighted by atomic mass is 16.4. The van der Waals surface area contributed by atoms with Crippen molar-refractivity contribution >= 4 is 17.0 Å². The van der Waals surface area contributed by atoms with E-state index in [1.54, 1.807) is 18.2 Å². The molecule has 2 heterocycles. The third-order valence-electron chi connectivity index (χ3n) is 4.10. The maximum atomic E-state index is 11.0. The van der Waals surface area contributed by atoms with E-state index in [2.05, 4.69) is 28.7 Å². The Morgan fingerprint density at radius 3 is 2.76 bits per heavy atom. The molecular weight excluding hydrogens is 266 g/mol. The van der Waals surface area contributed by atoms with Crippen LogP contribution >= 0.6 is 0 Å². The molecule has 5 heteroatoms. The van der Waals surface area contributed by atoms with Crippen molar-refractivity contribution < 1.29 is 9.90 Å². The van der Waals surface area contributed by atoms with E-state index in [4.69, 9.17) is 5.11 Å². The van der Waals surface area contributed by atoms with Crippen LogP contribution in [0.25, 0.3) is 11.0 Å². The first-order valence-electron chi connectivity index (χ1n) is 7.45. The topological polar surface area (TPSA) is 69.2 Å². The van der Waals surface area contributed by atoms with E-state index in [9.17, 15) is 4.79 Å². The fraction of sp³-hybridized carbons (Fsp3) is 0.500. The van der Waals surface area contributed by atoms with Crippen LogP contribution in [0.4, 0.5) is 0 Å². The van der Waals surface area contributed by atoms with E-state index in [1.807, 2.05) is 0 Å².